The van der Waals surface area contributed by atoms with E-state index in [1.807, 2.05) is 0 Å². The van der Waals surface area contributed by atoms with Crippen molar-refractivity contribution in [2.24, 2.45) is 34.1 Å². The molecule has 0 fully saturated rings. The lowest BCUT2D eigenvalue weighted by atomic mass is 9.92. The second-order valence-electron chi connectivity index (χ2n) is 27.1. The topological polar surface area (TPSA) is 15.5 Å². The minimum atomic E-state index is 0.541. The number of hydrogen-bond donors (Lipinski definition) is 0. The van der Waals surface area contributed by atoms with E-state index < -0.39 is 0 Å². The summed E-state index contributed by atoms with van der Waals surface area (Å²) < 4.78 is 8.98. The molecule has 92 heavy (non-hydrogen) atoms. The van der Waals surface area contributed by atoms with Gasteiger partial charge in [-0.05, 0) is 213 Å². The summed E-state index contributed by atoms with van der Waals surface area (Å²) >= 11 is 0. The molecule has 0 saturated heterocycles. The lowest BCUT2D eigenvalue weighted by molar-refractivity contribution is -0.660. The maximum Gasteiger partial charge on any atom is 0.213 e. The lowest BCUT2D eigenvalue weighted by Gasteiger charge is -2.13. The van der Waals surface area contributed by atoms with Gasteiger partial charge in [0.15, 0.2) is 24.8 Å². The van der Waals surface area contributed by atoms with E-state index in [0.717, 1.165) is 32.1 Å². The predicted octanol–water partition coefficient (Wildman–Crippen LogP) is 18.9. The number of hydrogen-bond acceptors (Lipinski definition) is 0. The SMILES string of the molecule is Cc1cc[n+](C)c(-c2c(C)ccc3c2Cc2ccccc2-3)c1.Cc1ccc2c(c1-c1cc(C(C)C)cc[n+]1C)Cc1ccccc1-2.Cc1ccc2c(c1-c1cc(CC(C)C)cc[n+]1C)Cc1ccccc1-2.Cc1ccc2c(c1-c1cccc[n+]1C)Cc1ccccc1-2. The van der Waals surface area contributed by atoms with Crippen LogP contribution < -0.4 is 18.3 Å². The number of pyridine rings is 4. The molecule has 0 N–H and O–H groups in total. The van der Waals surface area contributed by atoms with Crippen molar-refractivity contribution in [2.75, 3.05) is 0 Å². The summed E-state index contributed by atoms with van der Waals surface area (Å²) in [6.45, 7) is 20.2. The van der Waals surface area contributed by atoms with Crippen LogP contribution in [-0.2, 0) is 60.3 Å². The van der Waals surface area contributed by atoms with Gasteiger partial charge < -0.3 is 0 Å². The highest BCUT2D eigenvalue weighted by Crippen LogP contribution is 2.47. The third-order valence-corrected chi connectivity index (χ3v) is 19.9. The molecule has 0 saturated carbocycles. The molecular formula is C88H88N4+4. The van der Waals surface area contributed by atoms with E-state index in [4.69, 9.17) is 0 Å². The van der Waals surface area contributed by atoms with Gasteiger partial charge in [-0.2, -0.15) is 0 Å². The van der Waals surface area contributed by atoms with Crippen LogP contribution in [0.25, 0.3) is 89.5 Å². The fourth-order valence-corrected chi connectivity index (χ4v) is 15.1. The summed E-state index contributed by atoms with van der Waals surface area (Å²) in [6.07, 6.45) is 14.0. The Kier molecular flexibility index (Phi) is 17.0. The molecule has 16 rings (SSSR count). The zero-order chi connectivity index (χ0) is 64.1. The van der Waals surface area contributed by atoms with Crippen LogP contribution in [0.3, 0.4) is 0 Å². The molecule has 4 nitrogen and oxygen atoms in total. The van der Waals surface area contributed by atoms with Crippen LogP contribution in [0.5, 0.6) is 0 Å². The van der Waals surface area contributed by atoms with Gasteiger partial charge in [-0.15, -0.1) is 0 Å². The number of nitrogens with zero attached hydrogens (tertiary/aromatic N) is 4. The van der Waals surface area contributed by atoms with Crippen LogP contribution in [0.1, 0.15) is 117 Å². The zero-order valence-corrected chi connectivity index (χ0v) is 56.3. The van der Waals surface area contributed by atoms with Crippen molar-refractivity contribution in [1.29, 1.82) is 0 Å². The second kappa shape index (κ2) is 25.6. The number of benzene rings is 8. The van der Waals surface area contributed by atoms with E-state index in [9.17, 15) is 0 Å². The monoisotopic (exact) mass is 1200 g/mol. The molecule has 0 spiro atoms. The average Bonchev–Trinajstić information content (AvgIpc) is 1.78. The fraction of sp³-hybridized carbons (Fsp3) is 0.227. The first-order valence-corrected chi connectivity index (χ1v) is 33.2. The van der Waals surface area contributed by atoms with Crippen molar-refractivity contribution in [2.45, 2.75) is 100 Å². The second-order valence-corrected chi connectivity index (χ2v) is 27.1. The van der Waals surface area contributed by atoms with Crippen LogP contribution in [0.4, 0.5) is 0 Å². The summed E-state index contributed by atoms with van der Waals surface area (Å²) in [7, 11) is 8.57. The highest BCUT2D eigenvalue weighted by molar-refractivity contribution is 5.88. The number of fused-ring (bicyclic) bond motifs is 12. The highest BCUT2D eigenvalue weighted by atomic mass is 14.9. The number of rotatable bonds is 7. The van der Waals surface area contributed by atoms with Gasteiger partial charge in [-0.1, -0.05) is 173 Å². The molecule has 4 aromatic heterocycles. The van der Waals surface area contributed by atoms with Crippen molar-refractivity contribution < 1.29 is 18.3 Å². The third kappa shape index (κ3) is 11.7. The first-order valence-electron chi connectivity index (χ1n) is 33.2. The first kappa shape index (κ1) is 61.2. The van der Waals surface area contributed by atoms with Gasteiger partial charge in [0.1, 0.15) is 28.2 Å². The molecule has 8 aromatic carbocycles. The van der Waals surface area contributed by atoms with Crippen LogP contribution in [-0.4, -0.2) is 0 Å². The Morgan fingerprint density at radius 2 is 0.641 bits per heavy atom. The molecule has 4 aliphatic carbocycles. The van der Waals surface area contributed by atoms with Crippen LogP contribution in [0.2, 0.25) is 0 Å². The summed E-state index contributed by atoms with van der Waals surface area (Å²) in [4.78, 5) is 0. The Balaban J connectivity index is 0.000000112. The van der Waals surface area contributed by atoms with Crippen LogP contribution in [0.15, 0.2) is 225 Å². The van der Waals surface area contributed by atoms with E-state index in [1.54, 1.807) is 0 Å². The number of aromatic nitrogens is 4. The molecule has 0 aliphatic heterocycles. The molecule has 0 amide bonds. The third-order valence-electron chi connectivity index (χ3n) is 19.9. The normalized spacial score (nSPS) is 12.2. The molecule has 4 heteroatoms. The van der Waals surface area contributed by atoms with Crippen LogP contribution >= 0.6 is 0 Å². The Hall–Kier alpha value is -9.64. The molecule has 0 radical (unpaired) electrons. The van der Waals surface area contributed by atoms with Crippen molar-refractivity contribution in [3.05, 3.63) is 308 Å². The van der Waals surface area contributed by atoms with E-state index in [1.165, 1.54) is 173 Å². The Morgan fingerprint density at radius 1 is 0.304 bits per heavy atom. The predicted molar refractivity (Wildman–Crippen MR) is 382 cm³/mol. The van der Waals surface area contributed by atoms with Gasteiger partial charge in [-0.3, -0.25) is 0 Å². The van der Waals surface area contributed by atoms with Gasteiger partial charge >= 0.3 is 0 Å². The van der Waals surface area contributed by atoms with Crippen molar-refractivity contribution in [3.8, 4) is 89.5 Å². The van der Waals surface area contributed by atoms with Gasteiger partial charge in [0.2, 0.25) is 22.8 Å². The summed E-state index contributed by atoms with van der Waals surface area (Å²) in [5, 5.41) is 0. The largest absolute Gasteiger partial charge is 0.213 e. The minimum absolute atomic E-state index is 0.541. The van der Waals surface area contributed by atoms with E-state index in [-0.39, 0.29) is 0 Å². The van der Waals surface area contributed by atoms with Gasteiger partial charge in [-0.25, -0.2) is 18.3 Å². The molecule has 456 valence electrons. The van der Waals surface area contributed by atoms with E-state index in [2.05, 4.69) is 334 Å². The Labute approximate surface area is 547 Å². The van der Waals surface area contributed by atoms with Crippen LogP contribution in [0, 0.1) is 40.5 Å². The molecule has 12 aromatic rings. The first-order chi connectivity index (χ1) is 44.5. The number of aryl methyl sites for hydroxylation is 9. The van der Waals surface area contributed by atoms with Crippen molar-refractivity contribution in [3.63, 3.8) is 0 Å². The van der Waals surface area contributed by atoms with Gasteiger partial charge in [0.05, 0.1) is 22.3 Å². The van der Waals surface area contributed by atoms with E-state index in [0.29, 0.717) is 11.8 Å². The maximum atomic E-state index is 2.39. The average molecular weight is 1200 g/mol. The lowest BCUT2D eigenvalue weighted by Crippen LogP contribution is -2.31. The minimum Gasteiger partial charge on any atom is -0.201 e. The Morgan fingerprint density at radius 3 is 1.03 bits per heavy atom. The maximum absolute atomic E-state index is 2.39. The van der Waals surface area contributed by atoms with Crippen molar-refractivity contribution in [1.82, 2.24) is 0 Å². The highest BCUT2D eigenvalue weighted by Gasteiger charge is 2.31. The molecule has 0 atom stereocenters. The fourth-order valence-electron chi connectivity index (χ4n) is 15.1. The summed E-state index contributed by atoms with van der Waals surface area (Å²) in [5.74, 6) is 1.21. The van der Waals surface area contributed by atoms with E-state index >= 15 is 0 Å². The smallest absolute Gasteiger partial charge is 0.201 e. The zero-order valence-electron chi connectivity index (χ0n) is 56.3. The molecule has 4 heterocycles. The van der Waals surface area contributed by atoms with Gasteiger partial charge in [0, 0.05) is 48.5 Å². The molecule has 0 unspecified atom stereocenters. The van der Waals surface area contributed by atoms with Crippen molar-refractivity contribution >= 4 is 0 Å². The Bertz CT molecular complexity index is 4840. The van der Waals surface area contributed by atoms with Gasteiger partial charge in [0.25, 0.3) is 0 Å². The quantitative estimate of drug-likeness (QED) is 0.141. The summed E-state index contributed by atoms with van der Waals surface area (Å²) in [5.41, 5.74) is 43.3. The molecular weight excluding hydrogens is 1110 g/mol. The molecule has 0 bridgehead atoms. The molecule has 4 aliphatic rings. The summed E-state index contributed by atoms with van der Waals surface area (Å²) in [6, 6.07) is 73.6. The standard InChI is InChI=1S/C24H26N.C23H24N.C21H20N.C20H18N/c1-16(2)13-18-11-12-25(4)23(14-18)24-17(3)9-10-21-20-8-6-5-7-19(20)15-22(21)24;1-15(2)17-11-12-24(4)22(14-17)23-16(3)9-10-20-19-8-6-5-7-18(19)13-21(20)23;1-14-10-11-22(3)20(12-14)21-15(2)8-9-18-17-7-5-4-6-16(17)13-19(18)21;1-14-10-11-17-16-8-4-3-7-15(16)13-18(17)20(14)19-9-5-6-12-21(19)2/h5-12,14,16H,13,15H2,1-4H3;5-12,14-15H,13H2,1-4H3;4-12H,13H2,1-3H3;3-12H,13H2,1-2H3/q4*+1.